The molecule has 0 aliphatic carbocycles. The molecule has 2 fully saturated rings. The van der Waals surface area contributed by atoms with E-state index in [-0.39, 0.29) is 22.4 Å². The van der Waals surface area contributed by atoms with Crippen LogP contribution in [0.1, 0.15) is 19.3 Å². The Morgan fingerprint density at radius 1 is 1.32 bits per heavy atom. The Bertz CT molecular complexity index is 1330. The lowest BCUT2D eigenvalue weighted by atomic mass is 9.86. The molecule has 1 unspecified atom stereocenters. The van der Waals surface area contributed by atoms with E-state index >= 15 is 0 Å². The highest BCUT2D eigenvalue weighted by Crippen LogP contribution is 2.39. The molecule has 5 rings (SSSR count). The molecule has 3 aromatic rings. The van der Waals surface area contributed by atoms with Crippen molar-refractivity contribution in [1.29, 1.82) is 0 Å². The van der Waals surface area contributed by atoms with Gasteiger partial charge in [-0.2, -0.15) is 0 Å². The van der Waals surface area contributed by atoms with Crippen LogP contribution in [0, 0.1) is 11.7 Å². The second-order valence-corrected chi connectivity index (χ2v) is 10.1. The molecule has 1 amide bonds. The number of carbonyl (C=O) groups excluding carboxylic acids is 1. The van der Waals surface area contributed by atoms with E-state index in [4.69, 9.17) is 21.1 Å². The van der Waals surface area contributed by atoms with Crippen LogP contribution in [0.25, 0.3) is 10.9 Å². The zero-order valence-electron chi connectivity index (χ0n) is 20.6. The first kappa shape index (κ1) is 25.4. The van der Waals surface area contributed by atoms with Crippen LogP contribution < -0.4 is 15.4 Å². The van der Waals surface area contributed by atoms with E-state index < -0.39 is 5.82 Å². The number of rotatable bonds is 7. The lowest BCUT2D eigenvalue weighted by Gasteiger charge is -2.37. The van der Waals surface area contributed by atoms with E-state index in [2.05, 4.69) is 39.1 Å². The van der Waals surface area contributed by atoms with E-state index in [0.717, 1.165) is 32.4 Å². The number of hydrogen-bond acceptors (Lipinski definition) is 7. The highest BCUT2D eigenvalue weighted by atomic mass is 35.5. The molecule has 0 saturated carbocycles. The SMILES string of the molecule is C=CC(=O)Nc1cc2c(Nc3ccc(F)c(Cl)c3)ncnc2cc1OCC1COC2(CCN(C)CC2)C1. The van der Waals surface area contributed by atoms with E-state index in [1.165, 1.54) is 24.5 Å². The van der Waals surface area contributed by atoms with Gasteiger partial charge in [0.15, 0.2) is 0 Å². The third-order valence-electron chi connectivity index (χ3n) is 7.02. The Hall–Kier alpha value is -3.27. The highest BCUT2D eigenvalue weighted by molar-refractivity contribution is 6.31. The summed E-state index contributed by atoms with van der Waals surface area (Å²) in [6, 6.07) is 7.85. The van der Waals surface area contributed by atoms with Crippen molar-refractivity contribution < 1.29 is 18.7 Å². The maximum atomic E-state index is 13.6. The fourth-order valence-corrected chi connectivity index (χ4v) is 5.10. The molecule has 1 atom stereocenters. The number of likely N-dealkylation sites (tertiary alicyclic amines) is 1. The number of nitrogens with zero attached hydrogens (tertiary/aromatic N) is 3. The Morgan fingerprint density at radius 3 is 2.89 bits per heavy atom. The van der Waals surface area contributed by atoms with Gasteiger partial charge in [-0.05, 0) is 56.7 Å². The number of fused-ring (bicyclic) bond motifs is 1. The van der Waals surface area contributed by atoms with Gasteiger partial charge in [0, 0.05) is 36.1 Å². The Morgan fingerprint density at radius 2 is 2.14 bits per heavy atom. The smallest absolute Gasteiger partial charge is 0.247 e. The van der Waals surface area contributed by atoms with Gasteiger partial charge in [-0.3, -0.25) is 4.79 Å². The minimum absolute atomic E-state index is 0.00379. The molecule has 10 heteroatoms. The van der Waals surface area contributed by atoms with Gasteiger partial charge in [-0.25, -0.2) is 14.4 Å². The predicted molar refractivity (Wildman–Crippen MR) is 142 cm³/mol. The fraction of sp³-hybridized carbons (Fsp3) is 0.370. The molecule has 2 saturated heterocycles. The number of amides is 1. The Labute approximate surface area is 219 Å². The number of benzene rings is 2. The average molecular weight is 526 g/mol. The molecule has 0 bridgehead atoms. The van der Waals surface area contributed by atoms with Crippen molar-refractivity contribution in [1.82, 2.24) is 14.9 Å². The van der Waals surface area contributed by atoms with Gasteiger partial charge < -0.3 is 25.0 Å². The number of piperidine rings is 1. The number of ether oxygens (including phenoxy) is 2. The van der Waals surface area contributed by atoms with Crippen molar-refractivity contribution in [2.45, 2.75) is 24.9 Å². The molecule has 0 radical (unpaired) electrons. The Balaban J connectivity index is 1.38. The van der Waals surface area contributed by atoms with E-state index in [1.54, 1.807) is 18.2 Å². The summed E-state index contributed by atoms with van der Waals surface area (Å²) >= 11 is 5.93. The summed E-state index contributed by atoms with van der Waals surface area (Å²) in [5.41, 5.74) is 1.60. The van der Waals surface area contributed by atoms with E-state index in [1.807, 2.05) is 0 Å². The summed E-state index contributed by atoms with van der Waals surface area (Å²) in [6.45, 7) is 6.74. The molecule has 2 aromatic carbocycles. The second-order valence-electron chi connectivity index (χ2n) is 9.71. The number of carbonyl (C=O) groups is 1. The zero-order valence-corrected chi connectivity index (χ0v) is 21.4. The molecule has 8 nitrogen and oxygen atoms in total. The third-order valence-corrected chi connectivity index (χ3v) is 7.31. The molecule has 1 aromatic heterocycles. The van der Waals surface area contributed by atoms with Crippen molar-refractivity contribution >= 4 is 45.6 Å². The summed E-state index contributed by atoms with van der Waals surface area (Å²) in [6.07, 6.45) is 5.64. The van der Waals surface area contributed by atoms with Crippen LogP contribution in [0.4, 0.5) is 21.6 Å². The number of nitrogens with one attached hydrogen (secondary N) is 2. The minimum Gasteiger partial charge on any atom is -0.491 e. The number of halogens is 2. The van der Waals surface area contributed by atoms with Gasteiger partial charge >= 0.3 is 0 Å². The molecule has 2 aliphatic rings. The van der Waals surface area contributed by atoms with Gasteiger partial charge in [0.1, 0.15) is 23.7 Å². The average Bonchev–Trinajstić information content (AvgIpc) is 3.29. The summed E-state index contributed by atoms with van der Waals surface area (Å²) in [5.74, 6) is 0.358. The second kappa shape index (κ2) is 10.6. The van der Waals surface area contributed by atoms with Crippen LogP contribution in [-0.2, 0) is 9.53 Å². The van der Waals surface area contributed by atoms with Gasteiger partial charge in [0.05, 0.1) is 35.0 Å². The molecule has 2 N–H and O–H groups in total. The summed E-state index contributed by atoms with van der Waals surface area (Å²) in [4.78, 5) is 23.3. The molecule has 3 heterocycles. The molecule has 2 aliphatic heterocycles. The van der Waals surface area contributed by atoms with Crippen molar-refractivity contribution in [2.75, 3.05) is 44.0 Å². The fourth-order valence-electron chi connectivity index (χ4n) is 4.92. The summed E-state index contributed by atoms with van der Waals surface area (Å²) in [7, 11) is 2.14. The predicted octanol–water partition coefficient (Wildman–Crippen LogP) is 5.17. The normalized spacial score (nSPS) is 19.2. The first-order valence-electron chi connectivity index (χ1n) is 12.2. The standard InChI is InChI=1S/C27H29ClFN5O3/c1-3-25(35)33-23-11-19-22(30-16-31-26(19)32-18-4-5-21(29)20(28)10-18)12-24(23)36-14-17-13-27(37-15-17)6-8-34(2)9-7-27/h3-5,10-12,16-17H,1,6-9,13-15H2,2H3,(H,33,35)(H,30,31,32). The first-order chi connectivity index (χ1) is 17.8. The van der Waals surface area contributed by atoms with Crippen molar-refractivity contribution in [3.05, 3.63) is 60.2 Å². The summed E-state index contributed by atoms with van der Waals surface area (Å²) < 4.78 is 26.1. The number of aromatic nitrogens is 2. The van der Waals surface area contributed by atoms with Crippen LogP contribution in [0.15, 0.2) is 49.3 Å². The largest absolute Gasteiger partial charge is 0.491 e. The van der Waals surface area contributed by atoms with Crippen molar-refractivity contribution in [2.24, 2.45) is 5.92 Å². The molecule has 194 valence electrons. The molecule has 37 heavy (non-hydrogen) atoms. The van der Waals surface area contributed by atoms with Crippen molar-refractivity contribution in [3.8, 4) is 5.75 Å². The van der Waals surface area contributed by atoms with Crippen molar-refractivity contribution in [3.63, 3.8) is 0 Å². The topological polar surface area (TPSA) is 88.6 Å². The van der Waals surface area contributed by atoms with E-state index in [0.29, 0.717) is 47.1 Å². The quantitative estimate of drug-likeness (QED) is 0.411. The number of anilines is 3. The van der Waals surface area contributed by atoms with Gasteiger partial charge in [-0.1, -0.05) is 18.2 Å². The highest BCUT2D eigenvalue weighted by Gasteiger charge is 2.42. The lowest BCUT2D eigenvalue weighted by molar-refractivity contribution is -0.111. The maximum Gasteiger partial charge on any atom is 0.247 e. The van der Waals surface area contributed by atoms with Crippen LogP contribution in [-0.4, -0.2) is 59.7 Å². The number of hydrogen-bond donors (Lipinski definition) is 2. The minimum atomic E-state index is -0.509. The third kappa shape index (κ3) is 5.69. The molecule has 1 spiro atoms. The Kier molecular flexibility index (Phi) is 7.28. The van der Waals surface area contributed by atoms with Crippen LogP contribution in [0.5, 0.6) is 5.75 Å². The lowest BCUT2D eigenvalue weighted by Crippen LogP contribution is -2.42. The van der Waals surface area contributed by atoms with Gasteiger partial charge in [0.25, 0.3) is 0 Å². The molecular weight excluding hydrogens is 497 g/mol. The van der Waals surface area contributed by atoms with Gasteiger partial charge in [0.2, 0.25) is 5.91 Å². The first-order valence-corrected chi connectivity index (χ1v) is 12.6. The van der Waals surface area contributed by atoms with E-state index in [9.17, 15) is 9.18 Å². The van der Waals surface area contributed by atoms with Gasteiger partial charge in [-0.15, -0.1) is 0 Å². The molecular formula is C27H29ClFN5O3. The van der Waals surface area contributed by atoms with Crippen LogP contribution in [0.2, 0.25) is 5.02 Å². The monoisotopic (exact) mass is 525 g/mol. The van der Waals surface area contributed by atoms with Crippen LogP contribution in [0.3, 0.4) is 0 Å². The maximum absolute atomic E-state index is 13.6. The zero-order chi connectivity index (χ0) is 26.0. The van der Waals surface area contributed by atoms with Crippen LogP contribution >= 0.6 is 11.6 Å². The summed E-state index contributed by atoms with van der Waals surface area (Å²) in [5, 5.41) is 6.61.